The van der Waals surface area contributed by atoms with Gasteiger partial charge < -0.3 is 14.4 Å². The number of carbonyl (C=O) groups excluding carboxylic acids is 1. The summed E-state index contributed by atoms with van der Waals surface area (Å²) in [7, 11) is 0. The van der Waals surface area contributed by atoms with Crippen molar-refractivity contribution in [1.82, 2.24) is 4.90 Å². The Balaban J connectivity index is 1.56. The van der Waals surface area contributed by atoms with Crippen LogP contribution in [0.5, 0.6) is 5.75 Å². The Bertz CT molecular complexity index is 567. The maximum absolute atomic E-state index is 11.8. The van der Waals surface area contributed by atoms with E-state index in [-0.39, 0.29) is 18.6 Å². The third-order valence-electron chi connectivity index (χ3n) is 4.21. The number of carbonyl (C=O) groups is 1. The Kier molecular flexibility index (Phi) is 4.78. The van der Waals surface area contributed by atoms with Crippen molar-refractivity contribution in [1.29, 1.82) is 0 Å². The third kappa shape index (κ3) is 3.33. The highest BCUT2D eigenvalue weighted by atomic mass is 16.5. The molecule has 1 aromatic carbocycles. The van der Waals surface area contributed by atoms with Gasteiger partial charge >= 0.3 is 0 Å². The Morgan fingerprint density at radius 1 is 1.41 bits per heavy atom. The van der Waals surface area contributed by atoms with Crippen LogP contribution < -0.4 is 4.74 Å². The van der Waals surface area contributed by atoms with Crippen molar-refractivity contribution in [2.75, 3.05) is 26.3 Å². The van der Waals surface area contributed by atoms with Gasteiger partial charge in [0.2, 0.25) is 5.91 Å². The molecule has 1 saturated heterocycles. The summed E-state index contributed by atoms with van der Waals surface area (Å²) in [5.74, 6) is 1.03. The molecule has 1 aliphatic carbocycles. The first-order valence-electron chi connectivity index (χ1n) is 8.08. The van der Waals surface area contributed by atoms with Crippen LogP contribution in [0, 0.1) is 0 Å². The van der Waals surface area contributed by atoms with Crippen LogP contribution in [0.25, 0.3) is 6.08 Å². The largest absolute Gasteiger partial charge is 0.490 e. The second kappa shape index (κ2) is 6.97. The van der Waals surface area contributed by atoms with Crippen molar-refractivity contribution in [2.45, 2.75) is 32.3 Å². The summed E-state index contributed by atoms with van der Waals surface area (Å²) in [6.45, 7) is 4.25. The summed E-state index contributed by atoms with van der Waals surface area (Å²) in [4.78, 5) is 13.7. The minimum Gasteiger partial charge on any atom is -0.490 e. The molecule has 0 aromatic heterocycles. The Morgan fingerprint density at radius 3 is 3.18 bits per heavy atom. The molecule has 1 atom stereocenters. The van der Waals surface area contributed by atoms with Crippen molar-refractivity contribution in [3.8, 4) is 5.75 Å². The number of nitrogens with zero attached hydrogens (tertiary/aromatic N) is 1. The van der Waals surface area contributed by atoms with Gasteiger partial charge in [0.25, 0.3) is 0 Å². The van der Waals surface area contributed by atoms with E-state index >= 15 is 0 Å². The molecule has 22 heavy (non-hydrogen) atoms. The minimum absolute atomic E-state index is 0.0419. The van der Waals surface area contributed by atoms with Crippen molar-refractivity contribution in [3.05, 3.63) is 35.4 Å². The quantitative estimate of drug-likeness (QED) is 0.811. The highest BCUT2D eigenvalue weighted by Gasteiger charge is 2.26. The molecule has 2 aliphatic rings. The number of rotatable bonds is 6. The lowest BCUT2D eigenvalue weighted by Crippen LogP contribution is -2.48. The molecule has 0 saturated carbocycles. The van der Waals surface area contributed by atoms with E-state index in [0.29, 0.717) is 13.2 Å². The smallest absolute Gasteiger partial charge is 0.248 e. The van der Waals surface area contributed by atoms with Gasteiger partial charge in [-0.05, 0) is 24.5 Å². The molecular formula is C18H23NO3. The van der Waals surface area contributed by atoms with Crippen molar-refractivity contribution >= 4 is 12.0 Å². The number of unbranched alkanes of at least 4 members (excludes halogenated alkanes) is 1. The van der Waals surface area contributed by atoms with Gasteiger partial charge in [0.05, 0.1) is 6.54 Å². The fraction of sp³-hybridized carbons (Fsp3) is 0.500. The maximum atomic E-state index is 11.8. The topological polar surface area (TPSA) is 38.8 Å². The monoisotopic (exact) mass is 301 g/mol. The summed E-state index contributed by atoms with van der Waals surface area (Å²) >= 11 is 0. The SMILES string of the molecule is CCCCN1CC(COc2cccc3c2CC=C3)OCC1=O. The van der Waals surface area contributed by atoms with Crippen LogP contribution in [0.1, 0.15) is 30.9 Å². The Hall–Kier alpha value is -1.81. The van der Waals surface area contributed by atoms with Crippen LogP contribution in [0.3, 0.4) is 0 Å². The van der Waals surface area contributed by atoms with Gasteiger partial charge in [0, 0.05) is 12.1 Å². The van der Waals surface area contributed by atoms with E-state index in [1.54, 1.807) is 0 Å². The molecule has 1 unspecified atom stereocenters. The minimum atomic E-state index is -0.0419. The first kappa shape index (κ1) is 15.1. The molecule has 1 fully saturated rings. The lowest BCUT2D eigenvalue weighted by atomic mass is 10.1. The summed E-state index contributed by atoms with van der Waals surface area (Å²) < 4.78 is 11.6. The summed E-state index contributed by atoms with van der Waals surface area (Å²) in [6, 6.07) is 6.13. The number of benzene rings is 1. The second-order valence-corrected chi connectivity index (χ2v) is 5.87. The number of amides is 1. The predicted molar refractivity (Wildman–Crippen MR) is 85.9 cm³/mol. The highest BCUT2D eigenvalue weighted by Crippen LogP contribution is 2.29. The van der Waals surface area contributed by atoms with Gasteiger partial charge in [0.1, 0.15) is 25.1 Å². The normalized spacial score (nSPS) is 20.3. The zero-order valence-electron chi connectivity index (χ0n) is 13.1. The molecule has 0 radical (unpaired) electrons. The molecule has 1 amide bonds. The van der Waals surface area contributed by atoms with Crippen LogP contribution in [0.15, 0.2) is 24.3 Å². The van der Waals surface area contributed by atoms with Gasteiger partial charge in [0.15, 0.2) is 0 Å². The first-order chi connectivity index (χ1) is 10.8. The van der Waals surface area contributed by atoms with Crippen LogP contribution in [0.4, 0.5) is 0 Å². The van der Waals surface area contributed by atoms with Crippen molar-refractivity contribution in [2.24, 2.45) is 0 Å². The highest BCUT2D eigenvalue weighted by molar-refractivity contribution is 5.78. The number of ether oxygens (including phenoxy) is 2. The van der Waals surface area contributed by atoms with Crippen LogP contribution in [0.2, 0.25) is 0 Å². The predicted octanol–water partition coefficient (Wildman–Crippen LogP) is 2.66. The number of morpholine rings is 1. The van der Waals surface area contributed by atoms with E-state index in [1.165, 1.54) is 11.1 Å². The van der Waals surface area contributed by atoms with Crippen LogP contribution in [-0.2, 0) is 16.0 Å². The van der Waals surface area contributed by atoms with E-state index < -0.39 is 0 Å². The van der Waals surface area contributed by atoms with Crippen LogP contribution in [-0.4, -0.2) is 43.2 Å². The summed E-state index contributed by atoms with van der Waals surface area (Å²) in [5.41, 5.74) is 2.49. The van der Waals surface area contributed by atoms with E-state index in [2.05, 4.69) is 25.1 Å². The molecule has 0 bridgehead atoms. The second-order valence-electron chi connectivity index (χ2n) is 5.87. The lowest BCUT2D eigenvalue weighted by Gasteiger charge is -2.32. The number of allylic oxidation sites excluding steroid dienone is 1. The molecule has 0 spiro atoms. The average molecular weight is 301 g/mol. The van der Waals surface area contributed by atoms with E-state index in [1.807, 2.05) is 17.0 Å². The van der Waals surface area contributed by atoms with E-state index in [4.69, 9.17) is 9.47 Å². The maximum Gasteiger partial charge on any atom is 0.248 e. The standard InChI is InChI=1S/C18H23NO3/c1-2-3-10-19-11-15(21-13-18(19)20)12-22-17-9-5-7-14-6-4-8-16(14)17/h4-7,9,15H,2-3,8,10-13H2,1H3. The molecule has 1 aromatic rings. The summed E-state index contributed by atoms with van der Waals surface area (Å²) in [6.07, 6.45) is 7.30. The van der Waals surface area contributed by atoms with Gasteiger partial charge in [-0.2, -0.15) is 0 Å². The molecule has 1 heterocycles. The fourth-order valence-corrected chi connectivity index (χ4v) is 2.93. The van der Waals surface area contributed by atoms with Crippen LogP contribution >= 0.6 is 0 Å². The van der Waals surface area contributed by atoms with E-state index in [9.17, 15) is 4.79 Å². The zero-order chi connectivity index (χ0) is 15.4. The number of fused-ring (bicyclic) bond motifs is 1. The molecule has 4 nitrogen and oxygen atoms in total. The van der Waals surface area contributed by atoms with Gasteiger partial charge in [-0.15, -0.1) is 0 Å². The average Bonchev–Trinajstić information content (AvgIpc) is 3.02. The molecule has 1 aliphatic heterocycles. The molecule has 118 valence electrons. The Labute approximate surface area is 131 Å². The van der Waals surface area contributed by atoms with Gasteiger partial charge in [-0.25, -0.2) is 0 Å². The Morgan fingerprint density at radius 2 is 2.32 bits per heavy atom. The first-order valence-corrected chi connectivity index (χ1v) is 8.08. The molecule has 3 rings (SSSR count). The third-order valence-corrected chi connectivity index (χ3v) is 4.21. The molecule has 0 N–H and O–H groups in total. The molecule has 4 heteroatoms. The number of hydrogen-bond donors (Lipinski definition) is 0. The van der Waals surface area contributed by atoms with E-state index in [0.717, 1.165) is 31.6 Å². The van der Waals surface area contributed by atoms with Gasteiger partial charge in [-0.3, -0.25) is 4.79 Å². The van der Waals surface area contributed by atoms with Gasteiger partial charge in [-0.1, -0.05) is 37.6 Å². The van der Waals surface area contributed by atoms with Crippen molar-refractivity contribution < 1.29 is 14.3 Å². The molecular weight excluding hydrogens is 278 g/mol. The lowest BCUT2D eigenvalue weighted by molar-refractivity contribution is -0.150. The number of hydrogen-bond acceptors (Lipinski definition) is 3. The summed E-state index contributed by atoms with van der Waals surface area (Å²) in [5, 5.41) is 0. The zero-order valence-corrected chi connectivity index (χ0v) is 13.1. The van der Waals surface area contributed by atoms with Crippen molar-refractivity contribution in [3.63, 3.8) is 0 Å². The fourth-order valence-electron chi connectivity index (χ4n) is 2.93.